The standard InChI is InChI=1S/C18H30N2O5S/c1-7-8-20(17(24)25-18(4,5)6)13(11(2)3)9-14(21)15-19-12(10-26-15)16(22)23/h10-11,13-14,21H,7-9H2,1-6H3,(H,22,23)/t13-,14-/m1/s1. The number of carbonyl (C=O) groups is 2. The molecular weight excluding hydrogens is 356 g/mol. The third-order valence-electron chi connectivity index (χ3n) is 3.75. The Labute approximate surface area is 159 Å². The summed E-state index contributed by atoms with van der Waals surface area (Å²) in [7, 11) is 0. The van der Waals surface area contributed by atoms with Crippen LogP contribution in [0.15, 0.2) is 5.38 Å². The van der Waals surface area contributed by atoms with E-state index in [1.807, 2.05) is 41.5 Å². The number of carboxylic acid groups (broad SMARTS) is 1. The Balaban J connectivity index is 2.98. The predicted molar refractivity (Wildman–Crippen MR) is 101 cm³/mol. The lowest BCUT2D eigenvalue weighted by Crippen LogP contribution is -2.46. The number of rotatable bonds is 8. The lowest BCUT2D eigenvalue weighted by atomic mass is 9.96. The maximum absolute atomic E-state index is 12.6. The number of nitrogens with zero attached hydrogens (tertiary/aromatic N) is 2. The molecule has 0 saturated carbocycles. The first kappa shape index (κ1) is 22.4. The van der Waals surface area contributed by atoms with Crippen LogP contribution in [0, 0.1) is 5.92 Å². The van der Waals surface area contributed by atoms with Gasteiger partial charge >= 0.3 is 12.1 Å². The van der Waals surface area contributed by atoms with Crippen molar-refractivity contribution in [3.8, 4) is 0 Å². The summed E-state index contributed by atoms with van der Waals surface area (Å²) in [5.74, 6) is -1.04. The van der Waals surface area contributed by atoms with E-state index < -0.39 is 23.8 Å². The maximum Gasteiger partial charge on any atom is 0.410 e. The largest absolute Gasteiger partial charge is 0.476 e. The number of aliphatic hydroxyl groups excluding tert-OH is 1. The van der Waals surface area contributed by atoms with Crippen LogP contribution in [0.5, 0.6) is 0 Å². The van der Waals surface area contributed by atoms with Gasteiger partial charge in [-0.3, -0.25) is 0 Å². The molecule has 0 aliphatic rings. The zero-order valence-corrected chi connectivity index (χ0v) is 17.2. The van der Waals surface area contributed by atoms with Crippen LogP contribution in [-0.4, -0.2) is 50.3 Å². The zero-order valence-electron chi connectivity index (χ0n) is 16.4. The highest BCUT2D eigenvalue weighted by Crippen LogP contribution is 2.28. The van der Waals surface area contributed by atoms with Gasteiger partial charge < -0.3 is 19.8 Å². The van der Waals surface area contributed by atoms with Gasteiger partial charge in [-0.25, -0.2) is 14.6 Å². The summed E-state index contributed by atoms with van der Waals surface area (Å²) in [5, 5.41) is 21.3. The summed E-state index contributed by atoms with van der Waals surface area (Å²) in [6.45, 7) is 11.9. The van der Waals surface area contributed by atoms with Crippen LogP contribution in [0.4, 0.5) is 4.79 Å². The van der Waals surface area contributed by atoms with E-state index in [9.17, 15) is 14.7 Å². The van der Waals surface area contributed by atoms with E-state index in [1.165, 1.54) is 5.38 Å². The molecule has 7 nitrogen and oxygen atoms in total. The second-order valence-corrected chi connectivity index (χ2v) is 8.50. The molecule has 1 rings (SSSR count). The van der Waals surface area contributed by atoms with Crippen LogP contribution in [0.1, 0.15) is 76.0 Å². The van der Waals surface area contributed by atoms with E-state index in [0.29, 0.717) is 11.6 Å². The van der Waals surface area contributed by atoms with Crippen LogP contribution >= 0.6 is 11.3 Å². The Morgan fingerprint density at radius 3 is 2.38 bits per heavy atom. The molecule has 1 aromatic heterocycles. The van der Waals surface area contributed by atoms with E-state index in [0.717, 1.165) is 17.8 Å². The molecule has 1 aromatic rings. The molecule has 148 valence electrons. The lowest BCUT2D eigenvalue weighted by molar-refractivity contribution is 0.00305. The van der Waals surface area contributed by atoms with Crippen molar-refractivity contribution in [2.45, 2.75) is 72.1 Å². The molecule has 0 aliphatic carbocycles. The van der Waals surface area contributed by atoms with Crippen LogP contribution in [0.3, 0.4) is 0 Å². The van der Waals surface area contributed by atoms with Crippen molar-refractivity contribution in [2.75, 3.05) is 6.54 Å². The highest BCUT2D eigenvalue weighted by atomic mass is 32.1. The quantitative estimate of drug-likeness (QED) is 0.702. The maximum atomic E-state index is 12.6. The van der Waals surface area contributed by atoms with Crippen molar-refractivity contribution >= 4 is 23.4 Å². The molecule has 0 aliphatic heterocycles. The molecule has 0 spiro atoms. The first-order valence-corrected chi connectivity index (χ1v) is 9.70. The number of amides is 1. The number of carboxylic acids is 1. The fraction of sp³-hybridized carbons (Fsp3) is 0.722. The minimum Gasteiger partial charge on any atom is -0.476 e. The first-order valence-electron chi connectivity index (χ1n) is 8.82. The molecule has 0 saturated heterocycles. The van der Waals surface area contributed by atoms with Gasteiger partial charge in [-0.05, 0) is 33.1 Å². The van der Waals surface area contributed by atoms with Gasteiger partial charge in [0.1, 0.15) is 16.7 Å². The molecule has 0 radical (unpaired) electrons. The number of carbonyl (C=O) groups excluding carboxylic acids is 1. The SMILES string of the molecule is CCCN(C(=O)OC(C)(C)C)[C@H](C[C@@H](O)c1nc(C(=O)O)cs1)C(C)C. The summed E-state index contributed by atoms with van der Waals surface area (Å²) in [4.78, 5) is 29.2. The highest BCUT2D eigenvalue weighted by Gasteiger charge is 2.32. The molecule has 0 aromatic carbocycles. The molecule has 2 atom stereocenters. The Hall–Kier alpha value is -1.67. The van der Waals surface area contributed by atoms with Crippen molar-refractivity contribution in [2.24, 2.45) is 5.92 Å². The highest BCUT2D eigenvalue weighted by molar-refractivity contribution is 7.09. The minimum atomic E-state index is -1.12. The molecule has 8 heteroatoms. The molecule has 1 amide bonds. The molecule has 0 unspecified atom stereocenters. The average molecular weight is 387 g/mol. The number of ether oxygens (including phenoxy) is 1. The van der Waals surface area contributed by atoms with Gasteiger partial charge in [-0.15, -0.1) is 11.3 Å². The molecule has 2 N–H and O–H groups in total. The number of aromatic carboxylic acids is 1. The summed E-state index contributed by atoms with van der Waals surface area (Å²) < 4.78 is 5.52. The van der Waals surface area contributed by atoms with Crippen molar-refractivity contribution in [3.05, 3.63) is 16.1 Å². The van der Waals surface area contributed by atoms with Gasteiger partial charge in [-0.1, -0.05) is 20.8 Å². The number of aromatic nitrogens is 1. The van der Waals surface area contributed by atoms with Crippen LogP contribution in [0.2, 0.25) is 0 Å². The number of aliphatic hydroxyl groups is 1. The Bertz CT molecular complexity index is 609. The van der Waals surface area contributed by atoms with Crippen LogP contribution in [0.25, 0.3) is 0 Å². The van der Waals surface area contributed by atoms with Crippen molar-refractivity contribution in [1.29, 1.82) is 0 Å². The Morgan fingerprint density at radius 2 is 1.96 bits per heavy atom. The van der Waals surface area contributed by atoms with E-state index >= 15 is 0 Å². The minimum absolute atomic E-state index is 0.0808. The normalized spacial score (nSPS) is 14.2. The third-order valence-corrected chi connectivity index (χ3v) is 4.70. The number of thiazole rings is 1. The fourth-order valence-electron chi connectivity index (χ4n) is 2.58. The first-order chi connectivity index (χ1) is 12.0. The molecule has 26 heavy (non-hydrogen) atoms. The molecular formula is C18H30N2O5S. The van der Waals surface area contributed by atoms with E-state index in [1.54, 1.807) is 4.90 Å². The van der Waals surface area contributed by atoms with E-state index in [2.05, 4.69) is 4.98 Å². The van der Waals surface area contributed by atoms with Gasteiger partial charge in [0.25, 0.3) is 0 Å². The summed E-state index contributed by atoms with van der Waals surface area (Å²) >= 11 is 1.11. The van der Waals surface area contributed by atoms with Crippen LogP contribution < -0.4 is 0 Å². The van der Waals surface area contributed by atoms with Crippen molar-refractivity contribution in [3.63, 3.8) is 0 Å². The van der Waals surface area contributed by atoms with Gasteiger partial charge in [0.2, 0.25) is 0 Å². The monoisotopic (exact) mass is 386 g/mol. The van der Waals surface area contributed by atoms with Crippen LogP contribution in [-0.2, 0) is 4.74 Å². The molecule has 0 fully saturated rings. The zero-order chi connectivity index (χ0) is 20.1. The third kappa shape index (κ3) is 6.57. The number of hydrogen-bond acceptors (Lipinski definition) is 6. The summed E-state index contributed by atoms with van der Waals surface area (Å²) in [5.41, 5.74) is -0.683. The second-order valence-electron chi connectivity index (χ2n) is 7.61. The molecule has 0 bridgehead atoms. The van der Waals surface area contributed by atoms with Gasteiger partial charge in [-0.2, -0.15) is 0 Å². The predicted octanol–water partition coefficient (Wildman–Crippen LogP) is 3.94. The smallest absolute Gasteiger partial charge is 0.410 e. The van der Waals surface area contributed by atoms with Gasteiger partial charge in [0, 0.05) is 24.4 Å². The van der Waals surface area contributed by atoms with Gasteiger partial charge in [0.05, 0.1) is 0 Å². The van der Waals surface area contributed by atoms with Crippen molar-refractivity contribution in [1.82, 2.24) is 9.88 Å². The Morgan fingerprint density at radius 1 is 1.35 bits per heavy atom. The van der Waals surface area contributed by atoms with Crippen molar-refractivity contribution < 1.29 is 24.5 Å². The Kier molecular flexibility index (Phi) is 8.02. The molecule has 1 heterocycles. The van der Waals surface area contributed by atoms with E-state index in [-0.39, 0.29) is 24.1 Å². The number of hydrogen-bond donors (Lipinski definition) is 2. The fourth-order valence-corrected chi connectivity index (χ4v) is 3.37. The summed E-state index contributed by atoms with van der Waals surface area (Å²) in [6, 6.07) is -0.253. The second kappa shape index (κ2) is 9.32. The average Bonchev–Trinajstić information content (AvgIpc) is 2.98. The van der Waals surface area contributed by atoms with E-state index in [4.69, 9.17) is 9.84 Å². The lowest BCUT2D eigenvalue weighted by Gasteiger charge is -2.36. The summed E-state index contributed by atoms with van der Waals surface area (Å²) in [6.07, 6.45) is -0.319. The van der Waals surface area contributed by atoms with Gasteiger partial charge in [0.15, 0.2) is 5.69 Å². The topological polar surface area (TPSA) is 100.0 Å².